The molecule has 0 bridgehead atoms. The molecular formula is C17H16N2O. The Balaban J connectivity index is 1.82. The molecule has 2 heterocycles. The topological polar surface area (TPSA) is 38.1 Å². The number of anilines is 1. The first kappa shape index (κ1) is 11.5. The molecule has 0 radical (unpaired) electrons. The third-order valence-corrected chi connectivity index (χ3v) is 3.83. The molecule has 3 heteroatoms. The van der Waals surface area contributed by atoms with Crippen LogP contribution in [0.1, 0.15) is 17.5 Å². The highest BCUT2D eigenvalue weighted by atomic mass is 16.3. The second-order valence-corrected chi connectivity index (χ2v) is 5.39. The Bertz CT molecular complexity index is 789. The fourth-order valence-electron chi connectivity index (χ4n) is 2.76. The summed E-state index contributed by atoms with van der Waals surface area (Å²) >= 11 is 0. The summed E-state index contributed by atoms with van der Waals surface area (Å²) in [6, 6.07) is 12.5. The number of hydrogen-bond donors (Lipinski definition) is 1. The first-order valence-electron chi connectivity index (χ1n) is 7.04. The van der Waals surface area contributed by atoms with E-state index in [1.807, 2.05) is 12.1 Å². The average molecular weight is 264 g/mol. The van der Waals surface area contributed by atoms with Gasteiger partial charge in [0, 0.05) is 17.8 Å². The molecule has 0 fully saturated rings. The molecule has 3 nitrogen and oxygen atoms in total. The average Bonchev–Trinajstić information content (AvgIpc) is 2.89. The second-order valence-electron chi connectivity index (χ2n) is 5.39. The van der Waals surface area contributed by atoms with E-state index in [0.717, 1.165) is 29.6 Å². The number of rotatable bonds is 1. The van der Waals surface area contributed by atoms with Crippen LogP contribution in [0.15, 0.2) is 40.8 Å². The smallest absolute Gasteiger partial charge is 0.227 e. The number of aromatic nitrogens is 1. The van der Waals surface area contributed by atoms with Crippen LogP contribution in [-0.4, -0.2) is 11.5 Å². The molecule has 4 rings (SSSR count). The maximum absolute atomic E-state index is 5.89. The molecule has 0 unspecified atom stereocenters. The fourth-order valence-corrected chi connectivity index (χ4v) is 2.76. The van der Waals surface area contributed by atoms with Crippen molar-refractivity contribution in [3.63, 3.8) is 0 Å². The van der Waals surface area contributed by atoms with Gasteiger partial charge in [0.15, 0.2) is 5.58 Å². The van der Waals surface area contributed by atoms with Crippen molar-refractivity contribution in [2.75, 3.05) is 11.9 Å². The molecule has 0 atom stereocenters. The van der Waals surface area contributed by atoms with E-state index < -0.39 is 0 Å². The quantitative estimate of drug-likeness (QED) is 0.717. The molecule has 0 amide bonds. The molecule has 0 aliphatic carbocycles. The summed E-state index contributed by atoms with van der Waals surface area (Å²) < 4.78 is 5.89. The van der Waals surface area contributed by atoms with E-state index in [1.165, 1.54) is 23.2 Å². The van der Waals surface area contributed by atoms with Gasteiger partial charge in [-0.05, 0) is 61.2 Å². The zero-order valence-corrected chi connectivity index (χ0v) is 11.4. The first-order valence-corrected chi connectivity index (χ1v) is 7.04. The van der Waals surface area contributed by atoms with Gasteiger partial charge in [-0.1, -0.05) is 6.07 Å². The SMILES string of the molecule is Cc1ccc2nc(-c3ccc4c(c3)CCCN4)oc2c1. The normalized spacial score (nSPS) is 14.1. The van der Waals surface area contributed by atoms with Gasteiger partial charge in [0.05, 0.1) is 0 Å². The van der Waals surface area contributed by atoms with Gasteiger partial charge < -0.3 is 9.73 Å². The van der Waals surface area contributed by atoms with Crippen LogP contribution in [0.5, 0.6) is 0 Å². The Kier molecular flexibility index (Phi) is 2.52. The zero-order valence-electron chi connectivity index (χ0n) is 11.4. The Morgan fingerprint density at radius 3 is 3.05 bits per heavy atom. The van der Waals surface area contributed by atoms with Crippen LogP contribution in [0.4, 0.5) is 5.69 Å². The van der Waals surface area contributed by atoms with E-state index >= 15 is 0 Å². The van der Waals surface area contributed by atoms with E-state index in [0.29, 0.717) is 5.89 Å². The third-order valence-electron chi connectivity index (χ3n) is 3.83. The Morgan fingerprint density at radius 1 is 1.15 bits per heavy atom. The Hall–Kier alpha value is -2.29. The Labute approximate surface area is 117 Å². The van der Waals surface area contributed by atoms with Crippen molar-refractivity contribution >= 4 is 16.8 Å². The monoisotopic (exact) mass is 264 g/mol. The van der Waals surface area contributed by atoms with Gasteiger partial charge in [-0.15, -0.1) is 0 Å². The molecule has 20 heavy (non-hydrogen) atoms. The van der Waals surface area contributed by atoms with Gasteiger partial charge in [-0.3, -0.25) is 0 Å². The summed E-state index contributed by atoms with van der Waals surface area (Å²) in [6.45, 7) is 3.13. The van der Waals surface area contributed by atoms with Crippen LogP contribution in [0, 0.1) is 6.92 Å². The highest BCUT2D eigenvalue weighted by molar-refractivity contribution is 5.77. The maximum Gasteiger partial charge on any atom is 0.227 e. The summed E-state index contributed by atoms with van der Waals surface area (Å²) in [5, 5.41) is 3.42. The van der Waals surface area contributed by atoms with Crippen LogP contribution in [0.2, 0.25) is 0 Å². The van der Waals surface area contributed by atoms with Gasteiger partial charge in [0.2, 0.25) is 5.89 Å². The van der Waals surface area contributed by atoms with Gasteiger partial charge in [-0.25, -0.2) is 4.98 Å². The maximum atomic E-state index is 5.89. The number of aryl methyl sites for hydroxylation is 2. The molecule has 1 aliphatic heterocycles. The van der Waals surface area contributed by atoms with E-state index in [1.54, 1.807) is 0 Å². The summed E-state index contributed by atoms with van der Waals surface area (Å²) in [7, 11) is 0. The van der Waals surface area contributed by atoms with E-state index in [9.17, 15) is 0 Å². The van der Waals surface area contributed by atoms with Crippen LogP contribution in [-0.2, 0) is 6.42 Å². The Morgan fingerprint density at radius 2 is 2.10 bits per heavy atom. The van der Waals surface area contributed by atoms with Crippen molar-refractivity contribution in [1.29, 1.82) is 0 Å². The summed E-state index contributed by atoms with van der Waals surface area (Å²) in [5.74, 6) is 0.707. The largest absolute Gasteiger partial charge is 0.436 e. The van der Waals surface area contributed by atoms with Gasteiger partial charge in [-0.2, -0.15) is 0 Å². The van der Waals surface area contributed by atoms with Crippen LogP contribution in [0.3, 0.4) is 0 Å². The van der Waals surface area contributed by atoms with Crippen molar-refractivity contribution in [3.8, 4) is 11.5 Å². The van der Waals surface area contributed by atoms with E-state index in [4.69, 9.17) is 4.42 Å². The van der Waals surface area contributed by atoms with Crippen molar-refractivity contribution in [2.24, 2.45) is 0 Å². The number of nitrogens with zero attached hydrogens (tertiary/aromatic N) is 1. The standard InChI is InChI=1S/C17H16N2O/c1-11-4-6-15-16(9-11)20-17(19-15)13-5-7-14-12(10-13)3-2-8-18-14/h4-7,9-10,18H,2-3,8H2,1H3. The highest BCUT2D eigenvalue weighted by Crippen LogP contribution is 2.30. The van der Waals surface area contributed by atoms with Gasteiger partial charge >= 0.3 is 0 Å². The third kappa shape index (κ3) is 1.86. The number of hydrogen-bond acceptors (Lipinski definition) is 3. The lowest BCUT2D eigenvalue weighted by molar-refractivity contribution is 0.619. The lowest BCUT2D eigenvalue weighted by Crippen LogP contribution is -2.11. The van der Waals surface area contributed by atoms with Crippen LogP contribution < -0.4 is 5.32 Å². The molecule has 0 saturated carbocycles. The molecule has 1 N–H and O–H groups in total. The first-order chi connectivity index (χ1) is 9.79. The molecule has 3 aromatic rings. The predicted octanol–water partition coefficient (Wildman–Crippen LogP) is 4.16. The van der Waals surface area contributed by atoms with Crippen LogP contribution in [0.25, 0.3) is 22.6 Å². The van der Waals surface area contributed by atoms with Gasteiger partial charge in [0.25, 0.3) is 0 Å². The van der Waals surface area contributed by atoms with Crippen molar-refractivity contribution in [2.45, 2.75) is 19.8 Å². The molecule has 2 aromatic carbocycles. The lowest BCUT2D eigenvalue weighted by atomic mass is 10.0. The van der Waals surface area contributed by atoms with Crippen LogP contribution >= 0.6 is 0 Å². The summed E-state index contributed by atoms with van der Waals surface area (Å²) in [5.41, 5.74) is 6.62. The minimum absolute atomic E-state index is 0.707. The van der Waals surface area contributed by atoms with Gasteiger partial charge in [0.1, 0.15) is 5.52 Å². The molecule has 1 aliphatic rings. The second kappa shape index (κ2) is 4.37. The molecule has 100 valence electrons. The zero-order chi connectivity index (χ0) is 13.5. The van der Waals surface area contributed by atoms with Crippen molar-refractivity contribution in [1.82, 2.24) is 4.98 Å². The fraction of sp³-hybridized carbons (Fsp3) is 0.235. The number of fused-ring (bicyclic) bond motifs is 2. The van der Waals surface area contributed by atoms with Crippen molar-refractivity contribution < 1.29 is 4.42 Å². The molecule has 1 aromatic heterocycles. The highest BCUT2D eigenvalue weighted by Gasteiger charge is 2.13. The molecular weight excluding hydrogens is 248 g/mol. The lowest BCUT2D eigenvalue weighted by Gasteiger charge is -2.17. The van der Waals surface area contributed by atoms with Crippen molar-refractivity contribution in [3.05, 3.63) is 47.5 Å². The minimum Gasteiger partial charge on any atom is -0.436 e. The number of nitrogens with one attached hydrogen (secondary N) is 1. The summed E-state index contributed by atoms with van der Waals surface area (Å²) in [6.07, 6.45) is 2.30. The molecule has 0 saturated heterocycles. The van der Waals surface area contributed by atoms with E-state index in [-0.39, 0.29) is 0 Å². The van der Waals surface area contributed by atoms with E-state index in [2.05, 4.69) is 41.5 Å². The summed E-state index contributed by atoms with van der Waals surface area (Å²) in [4.78, 5) is 4.59. The minimum atomic E-state index is 0.707. The number of oxazole rings is 1. The predicted molar refractivity (Wildman–Crippen MR) is 81.0 cm³/mol. The molecule has 0 spiro atoms. The number of benzene rings is 2.